The molecular weight excluding hydrogens is 203 g/mol. The topological polar surface area (TPSA) is 26.0 Å². The first-order valence-corrected chi connectivity index (χ1v) is 4.82. The fourth-order valence-corrected chi connectivity index (χ4v) is 1.33. The molecule has 0 aromatic heterocycles. The summed E-state index contributed by atoms with van der Waals surface area (Å²) in [7, 11) is 0. The molecule has 0 heterocycles. The number of rotatable bonds is 4. The summed E-state index contributed by atoms with van der Waals surface area (Å²) in [6.45, 7) is 1.22. The molecular formula is C11H14F3N. The van der Waals surface area contributed by atoms with E-state index < -0.39 is 11.7 Å². The van der Waals surface area contributed by atoms with E-state index in [1.165, 1.54) is 6.07 Å². The van der Waals surface area contributed by atoms with E-state index in [4.69, 9.17) is 5.73 Å². The molecule has 15 heavy (non-hydrogen) atoms. The van der Waals surface area contributed by atoms with Gasteiger partial charge >= 0.3 is 0 Å². The molecule has 1 aromatic carbocycles. The number of halogens is 3. The molecule has 0 saturated heterocycles. The Morgan fingerprint density at radius 3 is 2.53 bits per heavy atom. The third-order valence-corrected chi connectivity index (χ3v) is 2.20. The predicted octanol–water partition coefficient (Wildman–Crippen LogP) is 2.83. The van der Waals surface area contributed by atoms with Crippen LogP contribution in [0.25, 0.3) is 0 Å². The van der Waals surface area contributed by atoms with Crippen molar-refractivity contribution < 1.29 is 13.2 Å². The molecule has 0 saturated carbocycles. The fourth-order valence-electron chi connectivity index (χ4n) is 1.33. The maximum atomic E-state index is 13.2. The Labute approximate surface area is 87.1 Å². The van der Waals surface area contributed by atoms with E-state index in [1.807, 2.05) is 0 Å². The van der Waals surface area contributed by atoms with Crippen LogP contribution in [0.2, 0.25) is 0 Å². The van der Waals surface area contributed by atoms with Crippen LogP contribution in [-0.4, -0.2) is 6.54 Å². The Kier molecular flexibility index (Phi) is 3.74. The average molecular weight is 217 g/mol. The first-order valence-electron chi connectivity index (χ1n) is 4.82. The van der Waals surface area contributed by atoms with Crippen LogP contribution in [0, 0.1) is 5.82 Å². The van der Waals surface area contributed by atoms with Gasteiger partial charge in [0.1, 0.15) is 5.82 Å². The molecule has 0 fully saturated rings. The quantitative estimate of drug-likeness (QED) is 0.824. The highest BCUT2D eigenvalue weighted by atomic mass is 19.3. The number of hydrogen-bond acceptors (Lipinski definition) is 1. The first-order chi connectivity index (χ1) is 6.95. The molecule has 1 nitrogen and oxygen atoms in total. The Bertz CT molecular complexity index is 331. The van der Waals surface area contributed by atoms with Gasteiger partial charge in [0.15, 0.2) is 0 Å². The number of benzene rings is 1. The minimum absolute atomic E-state index is 0.157. The van der Waals surface area contributed by atoms with Crippen LogP contribution >= 0.6 is 0 Å². The Hall–Kier alpha value is -1.03. The molecule has 0 aliphatic heterocycles. The van der Waals surface area contributed by atoms with E-state index in [1.54, 1.807) is 0 Å². The molecule has 4 heteroatoms. The molecule has 0 atom stereocenters. The zero-order chi connectivity index (χ0) is 11.5. The first kappa shape index (κ1) is 12.0. The summed E-state index contributed by atoms with van der Waals surface area (Å²) >= 11 is 0. The highest BCUT2D eigenvalue weighted by Crippen LogP contribution is 2.28. The highest BCUT2D eigenvalue weighted by molar-refractivity contribution is 5.28. The zero-order valence-electron chi connectivity index (χ0n) is 8.56. The van der Waals surface area contributed by atoms with Crippen LogP contribution in [0.1, 0.15) is 24.5 Å². The Morgan fingerprint density at radius 2 is 2.00 bits per heavy atom. The van der Waals surface area contributed by atoms with Gasteiger partial charge in [-0.3, -0.25) is 0 Å². The second-order valence-corrected chi connectivity index (χ2v) is 3.59. The average Bonchev–Trinajstić information content (AvgIpc) is 2.15. The highest BCUT2D eigenvalue weighted by Gasteiger charge is 2.24. The summed E-state index contributed by atoms with van der Waals surface area (Å²) in [5.74, 6) is -3.37. The lowest BCUT2D eigenvalue weighted by Crippen LogP contribution is -2.09. The van der Waals surface area contributed by atoms with Crippen molar-refractivity contribution in [3.8, 4) is 0 Å². The molecule has 84 valence electrons. The lowest BCUT2D eigenvalue weighted by Gasteiger charge is -2.12. The van der Waals surface area contributed by atoms with Crippen molar-refractivity contribution in [1.29, 1.82) is 0 Å². The summed E-state index contributed by atoms with van der Waals surface area (Å²) in [6, 6.07) is 3.41. The third-order valence-electron chi connectivity index (χ3n) is 2.20. The van der Waals surface area contributed by atoms with Gasteiger partial charge in [-0.15, -0.1) is 0 Å². The van der Waals surface area contributed by atoms with Gasteiger partial charge in [-0.25, -0.2) is 13.2 Å². The molecule has 0 radical (unpaired) electrons. The summed E-state index contributed by atoms with van der Waals surface area (Å²) < 4.78 is 39.1. The maximum Gasteiger partial charge on any atom is 0.270 e. The van der Waals surface area contributed by atoms with E-state index in [9.17, 15) is 13.2 Å². The minimum Gasteiger partial charge on any atom is -0.330 e. The van der Waals surface area contributed by atoms with Crippen molar-refractivity contribution in [2.75, 3.05) is 6.54 Å². The van der Waals surface area contributed by atoms with Gasteiger partial charge in [0, 0.05) is 12.5 Å². The summed E-state index contributed by atoms with van der Waals surface area (Å²) in [4.78, 5) is 0. The van der Waals surface area contributed by atoms with Crippen LogP contribution in [0.5, 0.6) is 0 Å². The zero-order valence-corrected chi connectivity index (χ0v) is 8.56. The van der Waals surface area contributed by atoms with Crippen LogP contribution in [0.15, 0.2) is 18.2 Å². The van der Waals surface area contributed by atoms with Gasteiger partial charge in [0.05, 0.1) is 0 Å². The molecule has 0 aliphatic rings. The standard InChI is InChI=1S/C11H14F3N/c1-11(13,14)9-4-5-10(12)8(7-9)3-2-6-15/h4-5,7H,2-3,6,15H2,1H3. The van der Waals surface area contributed by atoms with Gasteiger partial charge in [0.2, 0.25) is 0 Å². The van der Waals surface area contributed by atoms with Gasteiger partial charge in [-0.2, -0.15) is 0 Å². The second kappa shape index (κ2) is 4.66. The normalized spacial score (nSPS) is 11.8. The second-order valence-electron chi connectivity index (χ2n) is 3.59. The number of alkyl halides is 2. The summed E-state index contributed by atoms with van der Waals surface area (Å²) in [5, 5.41) is 0. The SMILES string of the molecule is CC(F)(F)c1ccc(F)c(CCCN)c1. The van der Waals surface area contributed by atoms with E-state index in [2.05, 4.69) is 0 Å². The molecule has 1 rings (SSSR count). The number of aryl methyl sites for hydroxylation is 1. The van der Waals surface area contributed by atoms with Gasteiger partial charge in [-0.1, -0.05) is 6.07 Å². The van der Waals surface area contributed by atoms with E-state index in [-0.39, 0.29) is 5.56 Å². The smallest absolute Gasteiger partial charge is 0.270 e. The summed E-state index contributed by atoms with van der Waals surface area (Å²) in [6.07, 6.45) is 0.988. The maximum absolute atomic E-state index is 13.2. The molecule has 1 aromatic rings. The van der Waals surface area contributed by atoms with Crippen LogP contribution in [0.4, 0.5) is 13.2 Å². The van der Waals surface area contributed by atoms with E-state index >= 15 is 0 Å². The molecule has 2 N–H and O–H groups in total. The van der Waals surface area contributed by atoms with Crippen molar-refractivity contribution in [3.05, 3.63) is 35.1 Å². The molecule has 0 aliphatic carbocycles. The van der Waals surface area contributed by atoms with E-state index in [0.29, 0.717) is 24.9 Å². The lowest BCUT2D eigenvalue weighted by molar-refractivity contribution is 0.0173. The number of hydrogen-bond donors (Lipinski definition) is 1. The van der Waals surface area contributed by atoms with Crippen molar-refractivity contribution in [3.63, 3.8) is 0 Å². The monoisotopic (exact) mass is 217 g/mol. The van der Waals surface area contributed by atoms with Crippen molar-refractivity contribution in [1.82, 2.24) is 0 Å². The lowest BCUT2D eigenvalue weighted by atomic mass is 10.0. The fraction of sp³-hybridized carbons (Fsp3) is 0.455. The van der Waals surface area contributed by atoms with Gasteiger partial charge < -0.3 is 5.73 Å². The van der Waals surface area contributed by atoms with Crippen molar-refractivity contribution in [2.45, 2.75) is 25.7 Å². The van der Waals surface area contributed by atoms with E-state index in [0.717, 1.165) is 19.1 Å². The molecule has 0 bridgehead atoms. The van der Waals surface area contributed by atoms with Crippen molar-refractivity contribution in [2.24, 2.45) is 5.73 Å². The van der Waals surface area contributed by atoms with Gasteiger partial charge in [0.25, 0.3) is 5.92 Å². The Morgan fingerprint density at radius 1 is 1.33 bits per heavy atom. The van der Waals surface area contributed by atoms with Crippen LogP contribution in [0.3, 0.4) is 0 Å². The molecule has 0 unspecified atom stereocenters. The molecule has 0 spiro atoms. The van der Waals surface area contributed by atoms with Crippen LogP contribution in [-0.2, 0) is 12.3 Å². The minimum atomic E-state index is -2.93. The largest absolute Gasteiger partial charge is 0.330 e. The molecule has 0 amide bonds. The van der Waals surface area contributed by atoms with Crippen LogP contribution < -0.4 is 5.73 Å². The Balaban J connectivity index is 2.95. The summed E-state index contributed by atoms with van der Waals surface area (Å²) in [5.41, 5.74) is 5.43. The van der Waals surface area contributed by atoms with Crippen molar-refractivity contribution >= 4 is 0 Å². The third kappa shape index (κ3) is 3.23. The number of nitrogens with two attached hydrogens (primary N) is 1. The van der Waals surface area contributed by atoms with Gasteiger partial charge in [-0.05, 0) is 37.1 Å². The predicted molar refractivity (Wildman–Crippen MR) is 53.3 cm³/mol.